The number of rotatable bonds is 5. The minimum absolute atomic E-state index is 0.142. The molecule has 8 heteroatoms. The van der Waals surface area contributed by atoms with E-state index in [0.717, 1.165) is 5.56 Å². The van der Waals surface area contributed by atoms with E-state index < -0.39 is 0 Å². The number of oxazole rings is 1. The van der Waals surface area contributed by atoms with Crippen LogP contribution in [0.2, 0.25) is 0 Å². The summed E-state index contributed by atoms with van der Waals surface area (Å²) < 4.78 is 16.8. The summed E-state index contributed by atoms with van der Waals surface area (Å²) in [4.78, 5) is 32.2. The molecule has 0 saturated carbocycles. The summed E-state index contributed by atoms with van der Waals surface area (Å²) in [6, 6.07) is 15.0. The van der Waals surface area contributed by atoms with Crippen LogP contribution in [0.5, 0.6) is 5.75 Å². The van der Waals surface area contributed by atoms with Gasteiger partial charge in [0.2, 0.25) is 5.76 Å². The standard InChI is InChI=1S/C27H29N3O5/c1-17-23(35-16-28-17)26(32)30-14-12-27(13-15-30)20-10-6-4-8-18(20)22(24(27)34-3)29-25(31)19-9-5-7-11-21(19)33-2/h4-11,16,22,24H,12-15H2,1-3H3,(H,29,31)/t22-,24+/m1/s1. The number of hydrogen-bond donors (Lipinski definition) is 1. The molecule has 1 aromatic heterocycles. The van der Waals surface area contributed by atoms with Crippen molar-refractivity contribution in [3.8, 4) is 5.75 Å². The second-order valence-corrected chi connectivity index (χ2v) is 9.11. The van der Waals surface area contributed by atoms with Gasteiger partial charge < -0.3 is 24.1 Å². The van der Waals surface area contributed by atoms with E-state index in [0.29, 0.717) is 42.9 Å². The quantitative estimate of drug-likeness (QED) is 0.605. The molecule has 0 bridgehead atoms. The van der Waals surface area contributed by atoms with Gasteiger partial charge in [0.25, 0.3) is 11.8 Å². The maximum absolute atomic E-state index is 13.3. The molecule has 1 N–H and O–H groups in total. The van der Waals surface area contributed by atoms with Crippen LogP contribution >= 0.6 is 0 Å². The van der Waals surface area contributed by atoms with Crippen LogP contribution in [0.4, 0.5) is 0 Å². The lowest BCUT2D eigenvalue weighted by Crippen LogP contribution is -2.51. The fourth-order valence-electron chi connectivity index (χ4n) is 5.74. The van der Waals surface area contributed by atoms with E-state index in [1.54, 1.807) is 33.3 Å². The molecule has 2 aromatic carbocycles. The van der Waals surface area contributed by atoms with E-state index in [1.165, 1.54) is 12.0 Å². The van der Waals surface area contributed by atoms with Gasteiger partial charge in [-0.25, -0.2) is 4.98 Å². The third-order valence-electron chi connectivity index (χ3n) is 7.45. The molecule has 35 heavy (non-hydrogen) atoms. The Balaban J connectivity index is 1.42. The number of ether oxygens (including phenoxy) is 2. The number of piperidine rings is 1. The lowest BCUT2D eigenvalue weighted by Gasteiger charge is -2.43. The normalized spacial score (nSPS) is 20.5. The van der Waals surface area contributed by atoms with Crippen molar-refractivity contribution in [1.82, 2.24) is 15.2 Å². The van der Waals surface area contributed by atoms with E-state index in [1.807, 2.05) is 29.2 Å². The molecular weight excluding hydrogens is 446 g/mol. The SMILES string of the molecule is COc1ccccc1C(=O)N[C@@H]1c2ccccc2C2(CCN(C(=O)c3ocnc3C)CC2)[C@H]1OC. The number of methoxy groups -OCH3 is 2. The van der Waals surface area contributed by atoms with Gasteiger partial charge in [0.15, 0.2) is 6.39 Å². The number of hydrogen-bond acceptors (Lipinski definition) is 6. The van der Waals surface area contributed by atoms with Crippen molar-refractivity contribution in [3.05, 3.63) is 83.1 Å². The second kappa shape index (κ2) is 9.19. The topological polar surface area (TPSA) is 93.9 Å². The molecule has 1 fully saturated rings. The Bertz CT molecular complexity index is 1240. The van der Waals surface area contributed by atoms with Gasteiger partial charge in [-0.15, -0.1) is 0 Å². The predicted molar refractivity (Wildman–Crippen MR) is 128 cm³/mol. The number of benzene rings is 2. The molecule has 2 amide bonds. The van der Waals surface area contributed by atoms with E-state index >= 15 is 0 Å². The van der Waals surface area contributed by atoms with Gasteiger partial charge in [0.1, 0.15) is 5.75 Å². The van der Waals surface area contributed by atoms with Crippen molar-refractivity contribution in [2.24, 2.45) is 0 Å². The first-order valence-electron chi connectivity index (χ1n) is 11.8. The Morgan fingerprint density at radius 2 is 1.80 bits per heavy atom. The fraction of sp³-hybridized carbons (Fsp3) is 0.370. The molecule has 8 nitrogen and oxygen atoms in total. The number of nitrogens with one attached hydrogen (secondary N) is 1. The van der Waals surface area contributed by atoms with Crippen molar-refractivity contribution in [1.29, 1.82) is 0 Å². The molecule has 1 aliphatic carbocycles. The van der Waals surface area contributed by atoms with E-state index in [-0.39, 0.29) is 35.1 Å². The summed E-state index contributed by atoms with van der Waals surface area (Å²) in [5.74, 6) is 0.457. The van der Waals surface area contributed by atoms with E-state index in [2.05, 4.69) is 22.4 Å². The molecule has 1 aliphatic heterocycles. The number of carbonyl (C=O) groups is 2. The first kappa shape index (κ1) is 23.1. The molecule has 182 valence electrons. The maximum Gasteiger partial charge on any atom is 0.291 e. The van der Waals surface area contributed by atoms with Crippen LogP contribution < -0.4 is 10.1 Å². The molecule has 2 aliphatic rings. The highest BCUT2D eigenvalue weighted by Crippen LogP contribution is 2.52. The first-order chi connectivity index (χ1) is 17.0. The minimum Gasteiger partial charge on any atom is -0.496 e. The molecule has 2 atom stereocenters. The molecule has 1 spiro atoms. The number of para-hydroxylation sites is 1. The lowest BCUT2D eigenvalue weighted by molar-refractivity contribution is -0.00972. The maximum atomic E-state index is 13.3. The zero-order chi connectivity index (χ0) is 24.6. The lowest BCUT2D eigenvalue weighted by atomic mass is 9.71. The van der Waals surface area contributed by atoms with Crippen molar-refractivity contribution in [2.75, 3.05) is 27.3 Å². The average molecular weight is 476 g/mol. The number of likely N-dealkylation sites (tertiary alicyclic amines) is 1. The highest BCUT2D eigenvalue weighted by atomic mass is 16.5. The number of fused-ring (bicyclic) bond motifs is 2. The van der Waals surface area contributed by atoms with E-state index in [4.69, 9.17) is 13.9 Å². The number of amides is 2. The monoisotopic (exact) mass is 475 g/mol. The number of nitrogens with zero attached hydrogens (tertiary/aromatic N) is 2. The van der Waals surface area contributed by atoms with Crippen LogP contribution in [0.25, 0.3) is 0 Å². The van der Waals surface area contributed by atoms with Crippen LogP contribution in [-0.2, 0) is 10.2 Å². The van der Waals surface area contributed by atoms with Crippen molar-refractivity contribution < 1.29 is 23.5 Å². The Labute approximate surface area is 204 Å². The predicted octanol–water partition coefficient (Wildman–Crippen LogP) is 3.67. The molecule has 1 saturated heterocycles. The van der Waals surface area contributed by atoms with Gasteiger partial charge in [-0.05, 0) is 43.0 Å². The molecule has 5 rings (SSSR count). The molecule has 2 heterocycles. The summed E-state index contributed by atoms with van der Waals surface area (Å²) in [5.41, 5.74) is 2.96. The number of carbonyl (C=O) groups excluding carboxylic acids is 2. The average Bonchev–Trinajstić information content (AvgIpc) is 3.43. The van der Waals surface area contributed by atoms with Crippen molar-refractivity contribution >= 4 is 11.8 Å². The summed E-state index contributed by atoms with van der Waals surface area (Å²) in [7, 11) is 3.25. The molecular formula is C27H29N3O5. The van der Waals surface area contributed by atoms with Crippen LogP contribution in [0.3, 0.4) is 0 Å². The third-order valence-corrected chi connectivity index (χ3v) is 7.45. The molecule has 3 aromatic rings. The Morgan fingerprint density at radius 3 is 2.49 bits per heavy atom. The zero-order valence-electron chi connectivity index (χ0n) is 20.1. The Kier molecular flexibility index (Phi) is 6.06. The first-order valence-corrected chi connectivity index (χ1v) is 11.8. The summed E-state index contributed by atoms with van der Waals surface area (Å²) >= 11 is 0. The van der Waals surface area contributed by atoms with Crippen molar-refractivity contribution in [3.63, 3.8) is 0 Å². The van der Waals surface area contributed by atoms with Gasteiger partial charge in [0, 0.05) is 25.6 Å². The van der Waals surface area contributed by atoms with Crippen molar-refractivity contribution in [2.45, 2.75) is 37.3 Å². The fourth-order valence-corrected chi connectivity index (χ4v) is 5.74. The van der Waals surface area contributed by atoms with Crippen LogP contribution in [-0.4, -0.2) is 55.1 Å². The molecule has 0 unspecified atom stereocenters. The third kappa shape index (κ3) is 3.78. The van der Waals surface area contributed by atoms with E-state index in [9.17, 15) is 9.59 Å². The van der Waals surface area contributed by atoms with Gasteiger partial charge in [0.05, 0.1) is 30.5 Å². The van der Waals surface area contributed by atoms with Gasteiger partial charge in [-0.1, -0.05) is 36.4 Å². The number of aryl methyl sites for hydroxylation is 1. The second-order valence-electron chi connectivity index (χ2n) is 9.11. The van der Waals surface area contributed by atoms with Gasteiger partial charge in [-0.2, -0.15) is 0 Å². The summed E-state index contributed by atoms with van der Waals surface area (Å²) in [5, 5.41) is 3.21. The van der Waals surface area contributed by atoms with Crippen LogP contribution in [0.15, 0.2) is 59.3 Å². The van der Waals surface area contributed by atoms with Crippen LogP contribution in [0.1, 0.15) is 56.6 Å². The summed E-state index contributed by atoms with van der Waals surface area (Å²) in [6.07, 6.45) is 2.45. The Hall–Kier alpha value is -3.65. The van der Waals surface area contributed by atoms with Gasteiger partial charge in [-0.3, -0.25) is 9.59 Å². The largest absolute Gasteiger partial charge is 0.496 e. The number of aromatic nitrogens is 1. The van der Waals surface area contributed by atoms with Gasteiger partial charge >= 0.3 is 0 Å². The smallest absolute Gasteiger partial charge is 0.291 e. The minimum atomic E-state index is -0.326. The Morgan fingerprint density at radius 1 is 1.09 bits per heavy atom. The molecule has 0 radical (unpaired) electrons. The van der Waals surface area contributed by atoms with Crippen LogP contribution in [0, 0.1) is 6.92 Å². The zero-order valence-corrected chi connectivity index (χ0v) is 20.1. The highest BCUT2D eigenvalue weighted by molar-refractivity contribution is 5.97. The summed E-state index contributed by atoms with van der Waals surface area (Å²) in [6.45, 7) is 2.88. The highest BCUT2D eigenvalue weighted by Gasteiger charge is 2.54.